The van der Waals surface area contributed by atoms with Crippen LogP contribution in [0.2, 0.25) is 0 Å². The van der Waals surface area contributed by atoms with Crippen molar-refractivity contribution < 1.29 is 0 Å². The molecule has 15 heavy (non-hydrogen) atoms. The molecule has 0 aliphatic heterocycles. The number of unbranched alkanes of at least 4 members (excludes halogenated alkanes) is 10. The topological polar surface area (TPSA) is 47.6 Å². The fraction of sp³-hybridized carbons (Fsp3) is 0.846. The second-order valence-electron chi connectivity index (χ2n) is 4.00. The molecule has 0 atom stereocenters. The van der Waals surface area contributed by atoms with Crippen LogP contribution in [-0.4, -0.2) is 0 Å². The van der Waals surface area contributed by atoms with E-state index in [0.29, 0.717) is 12.8 Å². The van der Waals surface area contributed by atoms with Gasteiger partial charge in [-0.25, -0.2) is 0 Å². The standard InChI is InChI=1S/C13H22N2/c14-12-10-8-6-4-2-1-3-5-7-9-11-13-15/h1-11H2. The van der Waals surface area contributed by atoms with Gasteiger partial charge in [0.2, 0.25) is 0 Å². The maximum Gasteiger partial charge on any atom is 0.0621 e. The van der Waals surface area contributed by atoms with Crippen molar-refractivity contribution in [3.05, 3.63) is 0 Å². The summed E-state index contributed by atoms with van der Waals surface area (Å²) in [4.78, 5) is 0. The lowest BCUT2D eigenvalue weighted by atomic mass is 10.1. The van der Waals surface area contributed by atoms with Crippen molar-refractivity contribution in [3.63, 3.8) is 0 Å². The van der Waals surface area contributed by atoms with Gasteiger partial charge in [-0.05, 0) is 12.8 Å². The van der Waals surface area contributed by atoms with Crippen molar-refractivity contribution in [2.24, 2.45) is 0 Å². The summed E-state index contributed by atoms with van der Waals surface area (Å²) >= 11 is 0. The number of hydrogen-bond donors (Lipinski definition) is 0. The fourth-order valence-corrected chi connectivity index (χ4v) is 1.65. The van der Waals surface area contributed by atoms with E-state index in [0.717, 1.165) is 12.8 Å². The molecule has 0 aliphatic rings. The van der Waals surface area contributed by atoms with Crippen LogP contribution in [-0.2, 0) is 0 Å². The van der Waals surface area contributed by atoms with Gasteiger partial charge in [-0.15, -0.1) is 0 Å². The Labute approximate surface area is 93.9 Å². The Balaban J connectivity index is 2.88. The van der Waals surface area contributed by atoms with Crippen molar-refractivity contribution in [1.82, 2.24) is 0 Å². The maximum atomic E-state index is 8.34. The Morgan fingerprint density at radius 3 is 1.00 bits per heavy atom. The van der Waals surface area contributed by atoms with Gasteiger partial charge in [0.15, 0.2) is 0 Å². The summed E-state index contributed by atoms with van der Waals surface area (Å²) in [5.41, 5.74) is 0. The van der Waals surface area contributed by atoms with E-state index in [-0.39, 0.29) is 0 Å². The molecule has 2 nitrogen and oxygen atoms in total. The van der Waals surface area contributed by atoms with Gasteiger partial charge >= 0.3 is 0 Å². The van der Waals surface area contributed by atoms with Gasteiger partial charge in [0.25, 0.3) is 0 Å². The lowest BCUT2D eigenvalue weighted by Gasteiger charge is -2.00. The van der Waals surface area contributed by atoms with Crippen LogP contribution in [0.5, 0.6) is 0 Å². The first-order valence-electron chi connectivity index (χ1n) is 6.15. The minimum Gasteiger partial charge on any atom is -0.198 e. The molecular formula is C13H22N2. The summed E-state index contributed by atoms with van der Waals surface area (Å²) < 4.78 is 0. The first kappa shape index (κ1) is 14.0. The molecule has 84 valence electrons. The molecule has 0 radical (unpaired) electrons. The zero-order chi connectivity index (χ0) is 11.2. The van der Waals surface area contributed by atoms with E-state index in [2.05, 4.69) is 12.1 Å². The first-order valence-corrected chi connectivity index (χ1v) is 6.15. The lowest BCUT2D eigenvalue weighted by Crippen LogP contribution is -1.81. The van der Waals surface area contributed by atoms with E-state index in [9.17, 15) is 0 Å². The third-order valence-electron chi connectivity index (χ3n) is 2.58. The Morgan fingerprint density at radius 2 is 0.733 bits per heavy atom. The quantitative estimate of drug-likeness (QED) is 0.499. The largest absolute Gasteiger partial charge is 0.198 e. The Kier molecular flexibility index (Phi) is 12.1. The zero-order valence-corrected chi connectivity index (χ0v) is 9.67. The van der Waals surface area contributed by atoms with Crippen LogP contribution in [0.4, 0.5) is 0 Å². The van der Waals surface area contributed by atoms with Gasteiger partial charge in [0, 0.05) is 12.8 Å². The molecule has 0 aromatic heterocycles. The summed E-state index contributed by atoms with van der Waals surface area (Å²) in [6.07, 6.45) is 12.5. The molecule has 0 N–H and O–H groups in total. The first-order chi connectivity index (χ1) is 7.41. The predicted octanol–water partition coefficient (Wildman–Crippen LogP) is 4.32. The van der Waals surface area contributed by atoms with Gasteiger partial charge in [-0.3, -0.25) is 0 Å². The molecule has 0 aromatic carbocycles. The van der Waals surface area contributed by atoms with Gasteiger partial charge in [0.05, 0.1) is 12.1 Å². The van der Waals surface area contributed by atoms with Crippen molar-refractivity contribution >= 4 is 0 Å². The average Bonchev–Trinajstić information content (AvgIpc) is 2.26. The predicted molar refractivity (Wildman–Crippen MR) is 62.0 cm³/mol. The third kappa shape index (κ3) is 13.0. The fourth-order valence-electron chi connectivity index (χ4n) is 1.65. The zero-order valence-electron chi connectivity index (χ0n) is 9.67. The van der Waals surface area contributed by atoms with Gasteiger partial charge in [-0.1, -0.05) is 44.9 Å². The minimum atomic E-state index is 0.716. The highest BCUT2D eigenvalue weighted by Gasteiger charge is 1.92. The monoisotopic (exact) mass is 206 g/mol. The van der Waals surface area contributed by atoms with E-state index in [1.54, 1.807) is 0 Å². The summed E-state index contributed by atoms with van der Waals surface area (Å²) in [5, 5.41) is 16.7. The van der Waals surface area contributed by atoms with Crippen LogP contribution in [0.15, 0.2) is 0 Å². The molecule has 0 rings (SSSR count). The number of hydrogen-bond acceptors (Lipinski definition) is 2. The SMILES string of the molecule is N#CCCCCCCCCCCCC#N. The highest BCUT2D eigenvalue weighted by molar-refractivity contribution is 4.68. The van der Waals surface area contributed by atoms with Crippen LogP contribution in [0.3, 0.4) is 0 Å². The summed E-state index contributed by atoms with van der Waals surface area (Å²) in [7, 11) is 0. The second kappa shape index (κ2) is 13.0. The number of nitrogens with zero attached hydrogens (tertiary/aromatic N) is 2. The van der Waals surface area contributed by atoms with Crippen LogP contribution in [0.25, 0.3) is 0 Å². The van der Waals surface area contributed by atoms with E-state index in [4.69, 9.17) is 10.5 Å². The van der Waals surface area contributed by atoms with E-state index >= 15 is 0 Å². The van der Waals surface area contributed by atoms with Crippen molar-refractivity contribution in [1.29, 1.82) is 10.5 Å². The second-order valence-corrected chi connectivity index (χ2v) is 4.00. The summed E-state index contributed by atoms with van der Waals surface area (Å²) in [6.45, 7) is 0. The molecule has 0 spiro atoms. The van der Waals surface area contributed by atoms with Crippen LogP contribution < -0.4 is 0 Å². The van der Waals surface area contributed by atoms with Gasteiger partial charge < -0.3 is 0 Å². The number of rotatable bonds is 10. The molecular weight excluding hydrogens is 184 g/mol. The Morgan fingerprint density at radius 1 is 0.467 bits per heavy atom. The molecule has 0 unspecified atom stereocenters. The Bertz CT molecular complexity index is 176. The Hall–Kier alpha value is -1.02. The molecule has 0 saturated heterocycles. The summed E-state index contributed by atoms with van der Waals surface area (Å²) in [5.74, 6) is 0. The molecule has 0 saturated carbocycles. The van der Waals surface area contributed by atoms with E-state index in [1.165, 1.54) is 44.9 Å². The normalized spacial score (nSPS) is 9.47. The molecule has 0 heterocycles. The number of nitriles is 2. The van der Waals surface area contributed by atoms with Crippen LogP contribution >= 0.6 is 0 Å². The van der Waals surface area contributed by atoms with Crippen LogP contribution in [0.1, 0.15) is 70.6 Å². The van der Waals surface area contributed by atoms with E-state index in [1.807, 2.05) is 0 Å². The van der Waals surface area contributed by atoms with Crippen molar-refractivity contribution in [3.8, 4) is 12.1 Å². The highest BCUT2D eigenvalue weighted by Crippen LogP contribution is 2.10. The molecule has 0 fully saturated rings. The third-order valence-corrected chi connectivity index (χ3v) is 2.58. The molecule has 0 bridgehead atoms. The lowest BCUT2D eigenvalue weighted by molar-refractivity contribution is 0.562. The smallest absolute Gasteiger partial charge is 0.0621 e. The minimum absolute atomic E-state index is 0.716. The van der Waals surface area contributed by atoms with Crippen molar-refractivity contribution in [2.45, 2.75) is 70.6 Å². The summed E-state index contributed by atoms with van der Waals surface area (Å²) in [6, 6.07) is 4.34. The van der Waals surface area contributed by atoms with Crippen LogP contribution in [0, 0.1) is 22.7 Å². The molecule has 2 heteroatoms. The molecule has 0 amide bonds. The van der Waals surface area contributed by atoms with Gasteiger partial charge in [0.1, 0.15) is 0 Å². The highest BCUT2D eigenvalue weighted by atomic mass is 14.2. The van der Waals surface area contributed by atoms with E-state index < -0.39 is 0 Å². The maximum absolute atomic E-state index is 8.34. The molecule has 0 aromatic rings. The molecule has 0 aliphatic carbocycles. The van der Waals surface area contributed by atoms with Crippen molar-refractivity contribution in [2.75, 3.05) is 0 Å². The van der Waals surface area contributed by atoms with Gasteiger partial charge in [-0.2, -0.15) is 10.5 Å². The average molecular weight is 206 g/mol.